The molecule has 6 rings (SSSR count). The van der Waals surface area contributed by atoms with E-state index in [-0.39, 0.29) is 0 Å². The second-order valence-corrected chi connectivity index (χ2v) is 8.32. The highest BCUT2D eigenvalue weighted by molar-refractivity contribution is 5.85. The molecule has 0 radical (unpaired) electrons. The van der Waals surface area contributed by atoms with Gasteiger partial charge < -0.3 is 4.57 Å². The number of imidazole rings is 1. The van der Waals surface area contributed by atoms with E-state index < -0.39 is 0 Å². The lowest BCUT2D eigenvalue weighted by Gasteiger charge is -2.12. The molecule has 158 valence electrons. The van der Waals surface area contributed by atoms with Crippen molar-refractivity contribution in [2.75, 3.05) is 0 Å². The summed E-state index contributed by atoms with van der Waals surface area (Å²) in [5, 5.41) is 0. The Kier molecular flexibility index (Phi) is 4.89. The second kappa shape index (κ2) is 8.33. The highest BCUT2D eigenvalue weighted by atomic mass is 15.1. The largest absolute Gasteiger partial charge is 0.321 e. The van der Waals surface area contributed by atoms with Gasteiger partial charge in [-0.15, -0.1) is 0 Å². The first-order chi connectivity index (χ1) is 16.4. The molecule has 0 atom stereocenters. The average Bonchev–Trinajstić information content (AvgIpc) is 3.44. The van der Waals surface area contributed by atoms with Crippen molar-refractivity contribution in [3.8, 4) is 33.6 Å². The van der Waals surface area contributed by atoms with Crippen LogP contribution in [0.2, 0.25) is 0 Å². The standard InChI is InChI=1S/C31H24N2/c1-5-13-24(14-6-1)22-32-29-21-28(25-15-7-2-8-16-25)23-33(29)31(27-19-11-4-12-20-27)30(32)26-17-9-3-10-18-26/h1-21,23H,22H2. The van der Waals surface area contributed by atoms with Crippen LogP contribution in [0.5, 0.6) is 0 Å². The van der Waals surface area contributed by atoms with E-state index in [1.165, 1.54) is 44.9 Å². The molecule has 0 aliphatic rings. The number of fused-ring (bicyclic) bond motifs is 1. The lowest BCUT2D eigenvalue weighted by atomic mass is 10.0. The van der Waals surface area contributed by atoms with E-state index >= 15 is 0 Å². The van der Waals surface area contributed by atoms with Crippen molar-refractivity contribution in [2.24, 2.45) is 0 Å². The topological polar surface area (TPSA) is 9.34 Å². The fourth-order valence-electron chi connectivity index (χ4n) is 4.67. The fraction of sp³-hybridized carbons (Fsp3) is 0.0323. The molecule has 0 saturated heterocycles. The van der Waals surface area contributed by atoms with Gasteiger partial charge in [-0.05, 0) is 17.2 Å². The van der Waals surface area contributed by atoms with Crippen molar-refractivity contribution < 1.29 is 0 Å². The van der Waals surface area contributed by atoms with E-state index in [1.807, 2.05) is 0 Å². The third kappa shape index (κ3) is 3.56. The molecule has 0 aliphatic carbocycles. The molecule has 4 aromatic carbocycles. The third-order valence-corrected chi connectivity index (χ3v) is 6.20. The molecule has 0 unspecified atom stereocenters. The fourth-order valence-corrected chi connectivity index (χ4v) is 4.67. The number of hydrogen-bond donors (Lipinski definition) is 0. The molecular weight excluding hydrogens is 400 g/mol. The van der Waals surface area contributed by atoms with Gasteiger partial charge in [0.1, 0.15) is 5.65 Å². The summed E-state index contributed by atoms with van der Waals surface area (Å²) in [5.74, 6) is 0. The number of hydrogen-bond acceptors (Lipinski definition) is 0. The minimum Gasteiger partial charge on any atom is -0.321 e. The Hall–Kier alpha value is -4.30. The summed E-state index contributed by atoms with van der Waals surface area (Å²) in [5.41, 5.74) is 9.82. The van der Waals surface area contributed by atoms with Crippen LogP contribution in [0, 0.1) is 0 Å². The van der Waals surface area contributed by atoms with Crippen LogP contribution < -0.4 is 0 Å². The molecule has 0 bridgehead atoms. The first kappa shape index (κ1) is 19.4. The Balaban J connectivity index is 1.68. The molecule has 2 heteroatoms. The van der Waals surface area contributed by atoms with Crippen LogP contribution in [0.15, 0.2) is 134 Å². The molecule has 0 fully saturated rings. The quantitative estimate of drug-likeness (QED) is 0.267. The first-order valence-corrected chi connectivity index (χ1v) is 11.3. The van der Waals surface area contributed by atoms with E-state index in [9.17, 15) is 0 Å². The molecule has 0 aliphatic heterocycles. The molecule has 0 saturated carbocycles. The Morgan fingerprint density at radius 1 is 0.455 bits per heavy atom. The summed E-state index contributed by atoms with van der Waals surface area (Å²) in [4.78, 5) is 0. The number of aromatic nitrogens is 2. The van der Waals surface area contributed by atoms with Crippen LogP contribution in [0.1, 0.15) is 5.56 Å². The lowest BCUT2D eigenvalue weighted by Crippen LogP contribution is -2.02. The van der Waals surface area contributed by atoms with Crippen molar-refractivity contribution in [3.63, 3.8) is 0 Å². The second-order valence-electron chi connectivity index (χ2n) is 8.32. The van der Waals surface area contributed by atoms with Gasteiger partial charge in [-0.25, -0.2) is 0 Å². The minimum atomic E-state index is 0.805. The molecule has 33 heavy (non-hydrogen) atoms. The van der Waals surface area contributed by atoms with Gasteiger partial charge in [-0.2, -0.15) is 0 Å². The van der Waals surface area contributed by atoms with Crippen molar-refractivity contribution in [1.29, 1.82) is 0 Å². The Morgan fingerprint density at radius 2 is 0.939 bits per heavy atom. The highest BCUT2D eigenvalue weighted by Crippen LogP contribution is 2.38. The molecule has 2 nitrogen and oxygen atoms in total. The SMILES string of the molecule is c1ccc(Cn2c(-c3ccccc3)c(-c3ccccc3)n3cc(-c4ccccc4)cc23)cc1. The van der Waals surface area contributed by atoms with Crippen LogP contribution in [0.4, 0.5) is 0 Å². The maximum Gasteiger partial charge on any atom is 0.118 e. The van der Waals surface area contributed by atoms with Crippen LogP contribution in [-0.4, -0.2) is 8.97 Å². The van der Waals surface area contributed by atoms with E-state index in [1.54, 1.807) is 0 Å². The zero-order valence-electron chi connectivity index (χ0n) is 18.3. The van der Waals surface area contributed by atoms with E-state index in [4.69, 9.17) is 0 Å². The van der Waals surface area contributed by atoms with Crippen LogP contribution in [0.3, 0.4) is 0 Å². The van der Waals surface area contributed by atoms with Crippen molar-refractivity contribution in [3.05, 3.63) is 139 Å². The van der Waals surface area contributed by atoms with Gasteiger partial charge >= 0.3 is 0 Å². The van der Waals surface area contributed by atoms with Crippen molar-refractivity contribution in [2.45, 2.75) is 6.54 Å². The van der Waals surface area contributed by atoms with Gasteiger partial charge in [0.2, 0.25) is 0 Å². The molecule has 2 heterocycles. The average molecular weight is 425 g/mol. The molecule has 6 aromatic rings. The van der Waals surface area contributed by atoms with Gasteiger partial charge in [0.25, 0.3) is 0 Å². The van der Waals surface area contributed by atoms with Crippen LogP contribution in [-0.2, 0) is 6.54 Å². The number of nitrogens with zero attached hydrogens (tertiary/aromatic N) is 2. The van der Waals surface area contributed by atoms with Crippen LogP contribution in [0.25, 0.3) is 39.3 Å². The van der Waals surface area contributed by atoms with E-state index in [0.29, 0.717) is 0 Å². The molecule has 0 spiro atoms. The Labute approximate surface area is 194 Å². The number of benzene rings is 4. The molecule has 0 N–H and O–H groups in total. The monoisotopic (exact) mass is 424 g/mol. The van der Waals surface area contributed by atoms with E-state index in [0.717, 1.165) is 6.54 Å². The predicted molar refractivity (Wildman–Crippen MR) is 137 cm³/mol. The van der Waals surface area contributed by atoms with Crippen molar-refractivity contribution >= 4 is 5.65 Å². The van der Waals surface area contributed by atoms with Gasteiger partial charge in [-0.3, -0.25) is 4.40 Å². The summed E-state index contributed by atoms with van der Waals surface area (Å²) >= 11 is 0. The summed E-state index contributed by atoms with van der Waals surface area (Å²) in [6.07, 6.45) is 2.28. The lowest BCUT2D eigenvalue weighted by molar-refractivity contribution is 0.838. The minimum absolute atomic E-state index is 0.805. The number of rotatable bonds is 5. The molecule has 2 aromatic heterocycles. The summed E-state index contributed by atoms with van der Waals surface area (Å²) in [7, 11) is 0. The maximum atomic E-state index is 2.46. The maximum absolute atomic E-state index is 2.46. The van der Waals surface area contributed by atoms with Crippen LogP contribution >= 0.6 is 0 Å². The van der Waals surface area contributed by atoms with Gasteiger partial charge in [-0.1, -0.05) is 121 Å². The summed E-state index contributed by atoms with van der Waals surface area (Å²) < 4.78 is 4.82. The normalized spacial score (nSPS) is 11.2. The van der Waals surface area contributed by atoms with E-state index in [2.05, 4.69) is 143 Å². The molecule has 0 amide bonds. The zero-order valence-corrected chi connectivity index (χ0v) is 18.3. The Bertz CT molecular complexity index is 1490. The summed E-state index contributed by atoms with van der Waals surface area (Å²) in [6.45, 7) is 0.805. The predicted octanol–water partition coefficient (Wildman–Crippen LogP) is 7.79. The smallest absolute Gasteiger partial charge is 0.118 e. The first-order valence-electron chi connectivity index (χ1n) is 11.3. The van der Waals surface area contributed by atoms with Gasteiger partial charge in [0, 0.05) is 29.4 Å². The Morgan fingerprint density at radius 3 is 1.52 bits per heavy atom. The van der Waals surface area contributed by atoms with Crippen molar-refractivity contribution in [1.82, 2.24) is 8.97 Å². The van der Waals surface area contributed by atoms with Gasteiger partial charge in [0.05, 0.1) is 11.4 Å². The highest BCUT2D eigenvalue weighted by Gasteiger charge is 2.21. The summed E-state index contributed by atoms with van der Waals surface area (Å²) in [6, 6.07) is 45.1. The zero-order chi connectivity index (χ0) is 22.0. The molecular formula is C31H24N2. The third-order valence-electron chi connectivity index (χ3n) is 6.20. The van der Waals surface area contributed by atoms with Gasteiger partial charge in [0.15, 0.2) is 0 Å².